The van der Waals surface area contributed by atoms with E-state index >= 15 is 0 Å². The summed E-state index contributed by atoms with van der Waals surface area (Å²) in [6, 6.07) is 11.6. The number of fused-ring (bicyclic) bond motifs is 1. The second-order valence-corrected chi connectivity index (χ2v) is 6.36. The lowest BCUT2D eigenvalue weighted by atomic mass is 10.1. The van der Waals surface area contributed by atoms with Gasteiger partial charge in [-0.2, -0.15) is 0 Å². The first-order chi connectivity index (χ1) is 9.88. The summed E-state index contributed by atoms with van der Waals surface area (Å²) >= 11 is 1.94. The Bertz CT molecular complexity index is 515. The lowest BCUT2D eigenvalue weighted by Gasteiger charge is -2.34. The zero-order valence-corrected chi connectivity index (χ0v) is 12.8. The smallest absolute Gasteiger partial charge is 0.0594 e. The standard InChI is InChI=1S/C16H22N2OS/c1-17-7-6-14(18-8-10-19-11-9-18)16-12-13-4-2-3-5-15(13)20-16/h2-5,12,14,17H,6-11H2,1H3. The summed E-state index contributed by atoms with van der Waals surface area (Å²) in [6.45, 7) is 4.86. The van der Waals surface area contributed by atoms with Crippen molar-refractivity contribution in [3.63, 3.8) is 0 Å². The normalized spacial score (nSPS) is 18.4. The minimum Gasteiger partial charge on any atom is -0.379 e. The largest absolute Gasteiger partial charge is 0.379 e. The van der Waals surface area contributed by atoms with Gasteiger partial charge >= 0.3 is 0 Å². The Labute approximate surface area is 124 Å². The molecular weight excluding hydrogens is 268 g/mol. The molecule has 1 atom stereocenters. The summed E-state index contributed by atoms with van der Waals surface area (Å²) < 4.78 is 6.89. The Hall–Kier alpha value is -0.940. The molecule has 0 spiro atoms. The summed E-state index contributed by atoms with van der Waals surface area (Å²) in [7, 11) is 2.03. The van der Waals surface area contributed by atoms with Gasteiger partial charge in [0.05, 0.1) is 13.2 Å². The Kier molecular flexibility index (Phi) is 4.68. The molecule has 1 aliphatic heterocycles. The second-order valence-electron chi connectivity index (χ2n) is 5.24. The maximum atomic E-state index is 5.50. The first kappa shape index (κ1) is 14.0. The minimum atomic E-state index is 0.517. The van der Waals surface area contributed by atoms with Gasteiger partial charge in [0, 0.05) is 28.7 Å². The Balaban J connectivity index is 1.86. The lowest BCUT2D eigenvalue weighted by molar-refractivity contribution is 0.0151. The summed E-state index contributed by atoms with van der Waals surface area (Å²) in [4.78, 5) is 4.06. The van der Waals surface area contributed by atoms with Crippen molar-refractivity contribution in [2.45, 2.75) is 12.5 Å². The van der Waals surface area contributed by atoms with Crippen molar-refractivity contribution in [3.8, 4) is 0 Å². The average Bonchev–Trinajstić information content (AvgIpc) is 2.92. The molecule has 2 heterocycles. The molecular formula is C16H22N2OS. The molecule has 0 radical (unpaired) electrons. The zero-order valence-electron chi connectivity index (χ0n) is 12.0. The topological polar surface area (TPSA) is 24.5 Å². The number of morpholine rings is 1. The van der Waals surface area contributed by atoms with Crippen molar-refractivity contribution >= 4 is 21.4 Å². The highest BCUT2D eigenvalue weighted by Gasteiger charge is 2.23. The fraction of sp³-hybridized carbons (Fsp3) is 0.500. The van der Waals surface area contributed by atoms with Crippen molar-refractivity contribution < 1.29 is 4.74 Å². The average molecular weight is 290 g/mol. The number of benzene rings is 1. The molecule has 108 valence electrons. The van der Waals surface area contributed by atoms with Crippen LogP contribution in [0.15, 0.2) is 30.3 Å². The molecule has 0 amide bonds. The molecule has 0 aliphatic carbocycles. The SMILES string of the molecule is CNCCC(c1cc2ccccc2s1)N1CCOCC1. The van der Waals surface area contributed by atoms with E-state index in [0.717, 1.165) is 39.3 Å². The molecule has 0 saturated carbocycles. The van der Waals surface area contributed by atoms with Gasteiger partial charge in [0.25, 0.3) is 0 Å². The van der Waals surface area contributed by atoms with Crippen LogP contribution in [0.4, 0.5) is 0 Å². The molecule has 1 unspecified atom stereocenters. The predicted molar refractivity (Wildman–Crippen MR) is 85.5 cm³/mol. The monoisotopic (exact) mass is 290 g/mol. The number of hydrogen-bond donors (Lipinski definition) is 1. The fourth-order valence-corrected chi connectivity index (χ4v) is 4.08. The van der Waals surface area contributed by atoms with E-state index in [1.165, 1.54) is 15.0 Å². The van der Waals surface area contributed by atoms with Crippen LogP contribution in [0.25, 0.3) is 10.1 Å². The molecule has 1 saturated heterocycles. The summed E-state index contributed by atoms with van der Waals surface area (Å²) in [5.41, 5.74) is 0. The third kappa shape index (κ3) is 3.04. The van der Waals surface area contributed by atoms with Gasteiger partial charge in [-0.05, 0) is 37.5 Å². The Morgan fingerprint density at radius 2 is 2.10 bits per heavy atom. The Morgan fingerprint density at radius 3 is 2.85 bits per heavy atom. The summed E-state index contributed by atoms with van der Waals surface area (Å²) in [5.74, 6) is 0. The van der Waals surface area contributed by atoms with E-state index in [0.29, 0.717) is 6.04 Å². The number of hydrogen-bond acceptors (Lipinski definition) is 4. The van der Waals surface area contributed by atoms with Crippen LogP contribution < -0.4 is 5.32 Å². The molecule has 20 heavy (non-hydrogen) atoms. The number of ether oxygens (including phenoxy) is 1. The van der Waals surface area contributed by atoms with E-state index in [9.17, 15) is 0 Å². The van der Waals surface area contributed by atoms with Gasteiger partial charge in [0.2, 0.25) is 0 Å². The van der Waals surface area contributed by atoms with Gasteiger partial charge in [-0.1, -0.05) is 18.2 Å². The van der Waals surface area contributed by atoms with Crippen LogP contribution in [-0.4, -0.2) is 44.8 Å². The van der Waals surface area contributed by atoms with Gasteiger partial charge in [-0.15, -0.1) is 11.3 Å². The van der Waals surface area contributed by atoms with E-state index in [4.69, 9.17) is 4.74 Å². The predicted octanol–water partition coefficient (Wildman–Crippen LogP) is 2.88. The van der Waals surface area contributed by atoms with Gasteiger partial charge in [0.15, 0.2) is 0 Å². The first-order valence-corrected chi connectivity index (χ1v) is 8.15. The zero-order chi connectivity index (χ0) is 13.8. The number of nitrogens with one attached hydrogen (secondary N) is 1. The van der Waals surface area contributed by atoms with Gasteiger partial charge in [-0.25, -0.2) is 0 Å². The third-order valence-electron chi connectivity index (χ3n) is 3.93. The molecule has 1 N–H and O–H groups in total. The maximum absolute atomic E-state index is 5.50. The highest BCUT2D eigenvalue weighted by Crippen LogP contribution is 2.34. The number of thiophene rings is 1. The van der Waals surface area contributed by atoms with E-state index in [1.807, 2.05) is 18.4 Å². The van der Waals surface area contributed by atoms with Crippen LogP contribution in [0, 0.1) is 0 Å². The highest BCUT2D eigenvalue weighted by molar-refractivity contribution is 7.19. The maximum Gasteiger partial charge on any atom is 0.0594 e. The van der Waals surface area contributed by atoms with Gasteiger partial charge in [-0.3, -0.25) is 4.90 Å². The fourth-order valence-electron chi connectivity index (χ4n) is 2.84. The molecule has 1 aromatic heterocycles. The summed E-state index contributed by atoms with van der Waals surface area (Å²) in [6.07, 6.45) is 1.16. The number of rotatable bonds is 5. The van der Waals surface area contributed by atoms with Crippen molar-refractivity contribution in [3.05, 3.63) is 35.2 Å². The molecule has 1 aromatic carbocycles. The second kappa shape index (κ2) is 6.68. The van der Waals surface area contributed by atoms with Crippen LogP contribution in [0.5, 0.6) is 0 Å². The van der Waals surface area contributed by atoms with Gasteiger partial charge in [0.1, 0.15) is 0 Å². The lowest BCUT2D eigenvalue weighted by Crippen LogP contribution is -2.39. The van der Waals surface area contributed by atoms with Crippen LogP contribution in [0.2, 0.25) is 0 Å². The van der Waals surface area contributed by atoms with Crippen molar-refractivity contribution in [2.24, 2.45) is 0 Å². The molecule has 3 nitrogen and oxygen atoms in total. The summed E-state index contributed by atoms with van der Waals surface area (Å²) in [5, 5.41) is 4.66. The van der Waals surface area contributed by atoms with Gasteiger partial charge < -0.3 is 10.1 Å². The minimum absolute atomic E-state index is 0.517. The highest BCUT2D eigenvalue weighted by atomic mass is 32.1. The van der Waals surface area contributed by atoms with Crippen LogP contribution in [0.3, 0.4) is 0 Å². The quantitative estimate of drug-likeness (QED) is 0.916. The van der Waals surface area contributed by atoms with E-state index in [1.54, 1.807) is 0 Å². The van der Waals surface area contributed by atoms with E-state index < -0.39 is 0 Å². The van der Waals surface area contributed by atoms with Crippen LogP contribution in [0.1, 0.15) is 17.3 Å². The molecule has 3 rings (SSSR count). The van der Waals surface area contributed by atoms with Crippen LogP contribution in [-0.2, 0) is 4.74 Å². The third-order valence-corrected chi connectivity index (χ3v) is 5.14. The van der Waals surface area contributed by atoms with Crippen LogP contribution >= 0.6 is 11.3 Å². The molecule has 1 aliphatic rings. The molecule has 2 aromatic rings. The van der Waals surface area contributed by atoms with Crippen molar-refractivity contribution in [1.82, 2.24) is 10.2 Å². The van der Waals surface area contributed by atoms with E-state index in [-0.39, 0.29) is 0 Å². The first-order valence-electron chi connectivity index (χ1n) is 7.33. The molecule has 0 bridgehead atoms. The van der Waals surface area contributed by atoms with Crippen molar-refractivity contribution in [1.29, 1.82) is 0 Å². The molecule has 1 fully saturated rings. The molecule has 4 heteroatoms. The number of nitrogens with zero attached hydrogens (tertiary/aromatic N) is 1. The van der Waals surface area contributed by atoms with E-state index in [2.05, 4.69) is 40.5 Å². The van der Waals surface area contributed by atoms with Crippen molar-refractivity contribution in [2.75, 3.05) is 39.9 Å². The Morgan fingerprint density at radius 1 is 1.30 bits per heavy atom.